The van der Waals surface area contributed by atoms with E-state index in [0.717, 1.165) is 42.6 Å². The lowest BCUT2D eigenvalue weighted by Crippen LogP contribution is -2.54. The SMILES string of the molecule is COC(=O)CC[C@@H](C)[C@H]1CC[C@H]2[C@@H]3CC[C@@H]4C[C@H](OCc5ccccc5)CC[C@]4(C)[C@H]3CC[C@]12C. The zero-order valence-corrected chi connectivity index (χ0v) is 22.6. The molecule has 0 unspecified atom stereocenters. The van der Waals surface area contributed by atoms with Crippen molar-refractivity contribution in [3.05, 3.63) is 35.9 Å². The molecule has 4 aliphatic carbocycles. The molecule has 3 heteroatoms. The molecule has 4 fully saturated rings. The summed E-state index contributed by atoms with van der Waals surface area (Å²) in [5, 5.41) is 0. The Kier molecular flexibility index (Phi) is 7.37. The van der Waals surface area contributed by atoms with Gasteiger partial charge in [0.15, 0.2) is 0 Å². The van der Waals surface area contributed by atoms with Crippen molar-refractivity contribution < 1.29 is 14.3 Å². The number of methoxy groups -OCH3 is 1. The van der Waals surface area contributed by atoms with Crippen molar-refractivity contribution >= 4 is 5.97 Å². The van der Waals surface area contributed by atoms with Gasteiger partial charge in [-0.25, -0.2) is 0 Å². The Morgan fingerprint density at radius 2 is 1.71 bits per heavy atom. The lowest BCUT2D eigenvalue weighted by molar-refractivity contribution is -0.142. The lowest BCUT2D eigenvalue weighted by atomic mass is 9.44. The molecule has 3 nitrogen and oxygen atoms in total. The van der Waals surface area contributed by atoms with E-state index in [1.54, 1.807) is 0 Å². The van der Waals surface area contributed by atoms with E-state index in [2.05, 4.69) is 51.1 Å². The van der Waals surface area contributed by atoms with Crippen molar-refractivity contribution in [1.82, 2.24) is 0 Å². The highest BCUT2D eigenvalue weighted by Crippen LogP contribution is 2.68. The zero-order chi connectivity index (χ0) is 24.6. The number of benzene rings is 1. The van der Waals surface area contributed by atoms with Crippen LogP contribution in [0, 0.1) is 46.3 Å². The third kappa shape index (κ3) is 4.72. The number of ether oxygens (including phenoxy) is 2. The second-order valence-corrected chi connectivity index (χ2v) is 13.2. The molecule has 4 aliphatic rings. The van der Waals surface area contributed by atoms with Crippen molar-refractivity contribution in [3.63, 3.8) is 0 Å². The largest absolute Gasteiger partial charge is 0.469 e. The van der Waals surface area contributed by atoms with Gasteiger partial charge in [-0.1, -0.05) is 51.1 Å². The highest BCUT2D eigenvalue weighted by Gasteiger charge is 2.60. The Balaban J connectivity index is 1.22. The molecule has 5 rings (SSSR count). The van der Waals surface area contributed by atoms with Gasteiger partial charge in [-0.05, 0) is 116 Å². The van der Waals surface area contributed by atoms with Crippen LogP contribution in [0.4, 0.5) is 0 Å². The minimum atomic E-state index is -0.0464. The van der Waals surface area contributed by atoms with Gasteiger partial charge in [-0.15, -0.1) is 0 Å². The van der Waals surface area contributed by atoms with Crippen molar-refractivity contribution in [1.29, 1.82) is 0 Å². The Bertz CT molecular complexity index is 867. The van der Waals surface area contributed by atoms with E-state index in [1.807, 2.05) is 0 Å². The van der Waals surface area contributed by atoms with E-state index in [9.17, 15) is 4.79 Å². The van der Waals surface area contributed by atoms with Crippen molar-refractivity contribution in [2.75, 3.05) is 7.11 Å². The molecule has 0 radical (unpaired) electrons. The molecule has 1 aromatic rings. The van der Waals surface area contributed by atoms with Crippen molar-refractivity contribution in [2.45, 2.75) is 104 Å². The summed E-state index contributed by atoms with van der Waals surface area (Å²) in [5.41, 5.74) is 2.27. The standard InChI is InChI=1S/C32H48O3/c1-22(10-15-30(33)34-4)27-13-14-28-26-12-11-24-20-25(35-21-23-8-6-5-7-9-23)16-18-31(24,2)29(26)17-19-32(27,28)3/h5-9,22,24-29H,10-21H2,1-4H3/t22-,24-,25-,26+,27-,28+,29+,31+,32-/m1/s1. The van der Waals surface area contributed by atoms with Crippen LogP contribution in [0.25, 0.3) is 0 Å². The zero-order valence-electron chi connectivity index (χ0n) is 22.6. The van der Waals surface area contributed by atoms with Gasteiger partial charge in [-0.3, -0.25) is 4.79 Å². The van der Waals surface area contributed by atoms with Crippen LogP contribution >= 0.6 is 0 Å². The fourth-order valence-corrected chi connectivity index (χ4v) is 9.78. The molecule has 35 heavy (non-hydrogen) atoms. The molecule has 1 aromatic carbocycles. The number of hydrogen-bond acceptors (Lipinski definition) is 3. The van der Waals surface area contributed by atoms with Crippen LogP contribution in [0.15, 0.2) is 30.3 Å². The Morgan fingerprint density at radius 1 is 0.971 bits per heavy atom. The van der Waals surface area contributed by atoms with E-state index < -0.39 is 0 Å². The molecule has 0 aliphatic heterocycles. The van der Waals surface area contributed by atoms with Crippen LogP contribution in [-0.2, 0) is 20.9 Å². The Hall–Kier alpha value is -1.35. The maximum absolute atomic E-state index is 11.8. The van der Waals surface area contributed by atoms with Crippen LogP contribution in [0.3, 0.4) is 0 Å². The molecular weight excluding hydrogens is 432 g/mol. The molecule has 0 aromatic heterocycles. The smallest absolute Gasteiger partial charge is 0.305 e. The molecule has 0 spiro atoms. The first-order valence-corrected chi connectivity index (χ1v) is 14.6. The van der Waals surface area contributed by atoms with Gasteiger partial charge in [0.05, 0.1) is 19.8 Å². The lowest BCUT2D eigenvalue weighted by Gasteiger charge is -2.61. The summed E-state index contributed by atoms with van der Waals surface area (Å²) in [5.74, 6) is 4.87. The number of esters is 1. The molecule has 4 saturated carbocycles. The number of rotatable bonds is 7. The summed E-state index contributed by atoms with van der Waals surface area (Å²) >= 11 is 0. The number of carbonyl (C=O) groups excluding carboxylic acids is 1. The Labute approximate surface area is 213 Å². The molecule has 0 saturated heterocycles. The van der Waals surface area contributed by atoms with Gasteiger partial charge in [0, 0.05) is 6.42 Å². The van der Waals surface area contributed by atoms with Gasteiger partial charge < -0.3 is 9.47 Å². The van der Waals surface area contributed by atoms with Gasteiger partial charge in [-0.2, -0.15) is 0 Å². The molecular formula is C32H48O3. The molecule has 9 atom stereocenters. The molecule has 194 valence electrons. The first-order valence-electron chi connectivity index (χ1n) is 14.6. The van der Waals surface area contributed by atoms with E-state index in [0.29, 0.717) is 29.3 Å². The second kappa shape index (κ2) is 10.2. The van der Waals surface area contributed by atoms with Gasteiger partial charge in [0.25, 0.3) is 0 Å². The summed E-state index contributed by atoms with van der Waals surface area (Å²) in [4.78, 5) is 11.8. The number of hydrogen-bond donors (Lipinski definition) is 0. The van der Waals surface area contributed by atoms with Crippen LogP contribution in [0.2, 0.25) is 0 Å². The minimum absolute atomic E-state index is 0.0464. The number of fused-ring (bicyclic) bond motifs is 5. The predicted molar refractivity (Wildman–Crippen MR) is 141 cm³/mol. The first-order chi connectivity index (χ1) is 16.8. The molecule has 0 amide bonds. The first kappa shape index (κ1) is 25.3. The fraction of sp³-hybridized carbons (Fsp3) is 0.781. The van der Waals surface area contributed by atoms with Crippen LogP contribution in [0.1, 0.15) is 97.0 Å². The Morgan fingerprint density at radius 3 is 2.49 bits per heavy atom. The molecule has 0 bridgehead atoms. The quantitative estimate of drug-likeness (QED) is 0.373. The average molecular weight is 481 g/mol. The summed E-state index contributed by atoms with van der Waals surface area (Å²) in [6.07, 6.45) is 14.3. The van der Waals surface area contributed by atoms with E-state index in [1.165, 1.54) is 70.5 Å². The third-order valence-electron chi connectivity index (χ3n) is 11.7. The van der Waals surface area contributed by atoms with E-state index in [-0.39, 0.29) is 5.97 Å². The fourth-order valence-electron chi connectivity index (χ4n) is 9.78. The maximum atomic E-state index is 11.8. The average Bonchev–Trinajstić information content (AvgIpc) is 3.23. The van der Waals surface area contributed by atoms with Crippen LogP contribution in [-0.4, -0.2) is 19.2 Å². The molecule has 0 heterocycles. The highest BCUT2D eigenvalue weighted by molar-refractivity contribution is 5.69. The van der Waals surface area contributed by atoms with Crippen molar-refractivity contribution in [3.8, 4) is 0 Å². The number of carbonyl (C=O) groups is 1. The summed E-state index contributed by atoms with van der Waals surface area (Å²) in [7, 11) is 1.51. The van der Waals surface area contributed by atoms with Gasteiger partial charge in [0.1, 0.15) is 0 Å². The van der Waals surface area contributed by atoms with Gasteiger partial charge in [0.2, 0.25) is 0 Å². The highest BCUT2D eigenvalue weighted by atomic mass is 16.5. The van der Waals surface area contributed by atoms with Crippen LogP contribution < -0.4 is 0 Å². The second-order valence-electron chi connectivity index (χ2n) is 13.2. The topological polar surface area (TPSA) is 35.5 Å². The maximum Gasteiger partial charge on any atom is 0.305 e. The van der Waals surface area contributed by atoms with Crippen LogP contribution in [0.5, 0.6) is 0 Å². The van der Waals surface area contributed by atoms with E-state index in [4.69, 9.17) is 9.47 Å². The van der Waals surface area contributed by atoms with Gasteiger partial charge >= 0.3 is 5.97 Å². The monoisotopic (exact) mass is 480 g/mol. The summed E-state index contributed by atoms with van der Waals surface area (Å²) in [6, 6.07) is 10.7. The van der Waals surface area contributed by atoms with Crippen molar-refractivity contribution in [2.24, 2.45) is 46.3 Å². The van der Waals surface area contributed by atoms with E-state index >= 15 is 0 Å². The summed E-state index contributed by atoms with van der Waals surface area (Å²) < 4.78 is 11.4. The predicted octanol–water partition coefficient (Wildman–Crippen LogP) is 7.82. The minimum Gasteiger partial charge on any atom is -0.469 e. The normalized spacial score (nSPS) is 41.4. The third-order valence-corrected chi connectivity index (χ3v) is 11.7. The molecule has 0 N–H and O–H groups in total. The summed E-state index contributed by atoms with van der Waals surface area (Å²) in [6.45, 7) is 8.46.